The zero-order valence-corrected chi connectivity index (χ0v) is 57.5. The van der Waals surface area contributed by atoms with E-state index in [0.717, 1.165) is 185 Å². The Morgan fingerprint density at radius 1 is 0.402 bits per heavy atom. The van der Waals surface area contributed by atoms with Crippen LogP contribution in [0, 0.1) is 24.5 Å². The van der Waals surface area contributed by atoms with Crippen LogP contribution in [0.1, 0.15) is 26.3 Å². The molecule has 10 nitrogen and oxygen atoms in total. The van der Waals surface area contributed by atoms with Crippen LogP contribution in [-0.2, 0) is 26.5 Å². The van der Waals surface area contributed by atoms with Crippen LogP contribution < -0.4 is 70.8 Å². The molecule has 6 aliphatic heterocycles. The van der Waals surface area contributed by atoms with Crippen LogP contribution in [-0.4, -0.2) is 22.6 Å². The van der Waals surface area contributed by atoms with Gasteiger partial charge in [-0.25, -0.2) is 0 Å². The minimum absolute atomic E-state index is 0. The number of anilines is 6. The van der Waals surface area contributed by atoms with Gasteiger partial charge in [-0.2, -0.15) is 42.0 Å². The van der Waals surface area contributed by atoms with Crippen LogP contribution in [0.3, 0.4) is 0 Å². The van der Waals surface area contributed by atoms with Crippen molar-refractivity contribution >= 4 is 113 Å². The molecular weight excluding hydrogens is 1440 g/mol. The SMILES string of the molecule is CC(C)(C)c1cc[c-]c(-n2c3[c-]c(Oc4[c-]c(-n5[c-][n+](-c6c(-c7cc8c9c(c7)N(c7ccccc7)c7cccc%10c7B9c7c(cccc7O8)O%10)cccc6-c6cc7c8c(c6)N(c6ccccc6)c6cccc9c6B8c6c(cccc6O7)O9)c6ccccc65)ccc4)ccc3c3ccccc32)c1.[Pt+4]. The number of rotatable bonds is 9. The molecule has 0 N–H and O–H groups in total. The summed E-state index contributed by atoms with van der Waals surface area (Å²) in [5.41, 5.74) is 24.0. The number of fused-ring (bicyclic) bond motifs is 4. The molecule has 0 atom stereocenters. The Hall–Kier alpha value is -12.2. The standard InChI is InChI=1S/C89H54B2N5O5.Pt/c1-89(2,3)55-21-14-27-59(49-55)96-66-32-11-10-29-64(66)65-44-43-61(51-71(65)96)97-60-28-15-26-58(50-60)92-52-93(68-34-13-12-33-67(68)92)88-62(53-45-72-84-80(47-53)100-78-41-19-39-76-86(78)90(84)82-69(35-17-37-74(82)98-76)94(72)56-22-6-4-7-23-56)30-16-31-63(88)54-46-73-85-81(48-54)101-79-42-20-40-77-87(79)91(85)83-70(36-18-38-75(83)99-77)95(73)57-24-8-5-9-25-57;/h4-26,28-49H,1-3H3;/q-3;+4. The third-order valence-electron chi connectivity index (χ3n) is 21.1. The van der Waals surface area contributed by atoms with E-state index in [1.54, 1.807) is 0 Å². The number of hydrogen-bond acceptors (Lipinski definition) is 7. The maximum absolute atomic E-state index is 7.27. The number of aromatic nitrogens is 3. The van der Waals surface area contributed by atoms with Gasteiger partial charge in [0.1, 0.15) is 46.0 Å². The molecule has 2 aromatic heterocycles. The average Bonchev–Trinajstić information content (AvgIpc) is 0.892. The Bertz CT molecular complexity index is 6080. The third kappa shape index (κ3) is 8.50. The predicted octanol–water partition coefficient (Wildman–Crippen LogP) is 17.6. The van der Waals surface area contributed by atoms with Gasteiger partial charge in [0.05, 0.1) is 16.7 Å². The maximum atomic E-state index is 7.27. The van der Waals surface area contributed by atoms with E-state index in [2.05, 4.69) is 305 Å². The Morgan fingerprint density at radius 2 is 0.902 bits per heavy atom. The van der Waals surface area contributed by atoms with Gasteiger partial charge < -0.3 is 42.6 Å². The third-order valence-corrected chi connectivity index (χ3v) is 21.1. The van der Waals surface area contributed by atoms with E-state index in [4.69, 9.17) is 23.7 Å². The van der Waals surface area contributed by atoms with Gasteiger partial charge in [-0.15, -0.1) is 35.7 Å². The number of ether oxygens (including phenoxy) is 5. The summed E-state index contributed by atoms with van der Waals surface area (Å²) in [4.78, 5) is 4.77. The van der Waals surface area contributed by atoms with Crippen molar-refractivity contribution in [3.05, 3.63) is 303 Å². The summed E-state index contributed by atoms with van der Waals surface area (Å²) in [6.07, 6.45) is 4.00. The van der Waals surface area contributed by atoms with Gasteiger partial charge in [-0.3, -0.25) is 4.57 Å². The predicted molar refractivity (Wildman–Crippen MR) is 402 cm³/mol. The molecule has 0 radical (unpaired) electrons. The Balaban J connectivity index is 0.00000677. The van der Waals surface area contributed by atoms with Crippen LogP contribution >= 0.6 is 0 Å². The van der Waals surface area contributed by atoms with Gasteiger partial charge in [-0.05, 0) is 164 Å². The average molecular weight is 1490 g/mol. The quantitative estimate of drug-likeness (QED) is 0.0810. The van der Waals surface area contributed by atoms with E-state index in [1.165, 1.54) is 5.56 Å². The topological polar surface area (TPSA) is 66.4 Å². The normalized spacial score (nSPS) is 13.4. The number of para-hydroxylation sites is 6. The number of benzene rings is 14. The summed E-state index contributed by atoms with van der Waals surface area (Å²) in [7, 11) is 0. The first kappa shape index (κ1) is 58.7. The van der Waals surface area contributed by atoms with Crippen molar-refractivity contribution < 1.29 is 49.3 Å². The van der Waals surface area contributed by atoms with Gasteiger partial charge in [0.25, 0.3) is 19.8 Å². The van der Waals surface area contributed by atoms with Gasteiger partial charge >= 0.3 is 21.1 Å². The van der Waals surface area contributed by atoms with Gasteiger partial charge in [0.2, 0.25) is 0 Å². The van der Waals surface area contributed by atoms with E-state index in [1.807, 2.05) is 36.4 Å². The van der Waals surface area contributed by atoms with Crippen molar-refractivity contribution in [1.82, 2.24) is 9.13 Å². The monoisotopic (exact) mass is 1490 g/mol. The summed E-state index contributed by atoms with van der Waals surface area (Å²) in [6, 6.07) is 107. The molecule has 0 saturated heterocycles. The van der Waals surface area contributed by atoms with Crippen molar-refractivity contribution in [1.29, 1.82) is 0 Å². The first-order valence-corrected chi connectivity index (χ1v) is 34.3. The smallest absolute Gasteiger partial charge is 0.510 e. The largest absolute Gasteiger partial charge is 4.00 e. The Kier molecular flexibility index (Phi) is 12.6. The van der Waals surface area contributed by atoms with Crippen molar-refractivity contribution in [2.45, 2.75) is 26.2 Å². The molecule has 0 saturated carbocycles. The molecule has 0 bridgehead atoms. The van der Waals surface area contributed by atoms with Crippen LogP contribution in [0.4, 0.5) is 34.1 Å². The molecule has 0 aliphatic carbocycles. The molecule has 480 valence electrons. The van der Waals surface area contributed by atoms with Crippen molar-refractivity contribution in [2.75, 3.05) is 9.80 Å². The minimum atomic E-state index is -0.142. The molecule has 0 spiro atoms. The van der Waals surface area contributed by atoms with Crippen molar-refractivity contribution in [3.8, 4) is 96.8 Å². The number of imidazole rings is 1. The zero-order valence-electron chi connectivity index (χ0n) is 55.2. The summed E-state index contributed by atoms with van der Waals surface area (Å²) >= 11 is 0. The second-order valence-electron chi connectivity index (χ2n) is 27.8. The Labute approximate surface area is 603 Å². The van der Waals surface area contributed by atoms with Crippen LogP contribution in [0.2, 0.25) is 0 Å². The second-order valence-corrected chi connectivity index (χ2v) is 27.8. The van der Waals surface area contributed by atoms with E-state index in [9.17, 15) is 0 Å². The fourth-order valence-corrected chi connectivity index (χ4v) is 16.8. The fourth-order valence-electron chi connectivity index (χ4n) is 16.8. The van der Waals surface area contributed by atoms with Gasteiger partial charge in [0.15, 0.2) is 0 Å². The molecule has 13 heteroatoms. The summed E-state index contributed by atoms with van der Waals surface area (Å²) < 4.78 is 41.6. The molecule has 102 heavy (non-hydrogen) atoms. The van der Waals surface area contributed by atoms with Crippen LogP contribution in [0.15, 0.2) is 273 Å². The molecule has 16 aromatic rings. The van der Waals surface area contributed by atoms with Crippen LogP contribution in [0.5, 0.6) is 57.5 Å². The van der Waals surface area contributed by atoms with E-state index >= 15 is 0 Å². The van der Waals surface area contributed by atoms with E-state index < -0.39 is 0 Å². The zero-order chi connectivity index (χ0) is 66.5. The molecule has 22 rings (SSSR count). The minimum Gasteiger partial charge on any atom is -0.510 e. The summed E-state index contributed by atoms with van der Waals surface area (Å²) in [6.45, 7) is 6.44. The first-order valence-electron chi connectivity index (χ1n) is 34.3. The Morgan fingerprint density at radius 3 is 1.50 bits per heavy atom. The van der Waals surface area contributed by atoms with E-state index in [-0.39, 0.29) is 39.9 Å². The number of hydrogen-bond donors (Lipinski definition) is 0. The van der Waals surface area contributed by atoms with Gasteiger partial charge in [0, 0.05) is 62.1 Å². The summed E-state index contributed by atoms with van der Waals surface area (Å²) in [5.74, 6) is 7.48. The van der Waals surface area contributed by atoms with Gasteiger partial charge in [-0.1, -0.05) is 153 Å². The second kappa shape index (κ2) is 21.9. The number of nitrogens with zero attached hydrogens (tertiary/aromatic N) is 5. The molecular formula is C89H54B2N5O5Pt+. The molecule has 0 fully saturated rings. The van der Waals surface area contributed by atoms with E-state index in [0.29, 0.717) is 11.5 Å². The molecule has 14 aromatic carbocycles. The van der Waals surface area contributed by atoms with Crippen molar-refractivity contribution in [2.24, 2.45) is 0 Å². The van der Waals surface area contributed by atoms with Crippen molar-refractivity contribution in [3.63, 3.8) is 0 Å². The molecule has 0 amide bonds. The van der Waals surface area contributed by atoms with Crippen LogP contribution in [0.25, 0.3) is 72.2 Å². The first-order chi connectivity index (χ1) is 49.7. The molecule has 6 aliphatic rings. The fraction of sp³-hybridized carbons (Fsp3) is 0.0449. The summed E-state index contributed by atoms with van der Waals surface area (Å²) in [5, 5.41) is 2.20. The molecule has 8 heterocycles. The molecule has 0 unspecified atom stereocenters. The maximum Gasteiger partial charge on any atom is 4.00 e.